The Labute approximate surface area is 177 Å². The maximum atomic E-state index is 13.2. The Bertz CT molecular complexity index is 861. The Morgan fingerprint density at radius 1 is 1.18 bits per heavy atom. The highest BCUT2D eigenvalue weighted by Crippen LogP contribution is 2.23. The monoisotopic (exact) mass is 424 g/mol. The highest BCUT2D eigenvalue weighted by atomic mass is 35.5. The molecule has 1 aromatic heterocycles. The topological polar surface area (TPSA) is 65.5 Å². The van der Waals surface area contributed by atoms with Crippen LogP contribution < -0.4 is 5.32 Å². The zero-order valence-corrected chi connectivity index (χ0v) is 17.5. The predicted octanol–water partition coefficient (Wildman–Crippen LogP) is 2.42. The molecule has 2 fully saturated rings. The van der Waals surface area contributed by atoms with Gasteiger partial charge in [-0.25, -0.2) is 0 Å². The Hall–Kier alpha value is -1.89. The van der Waals surface area contributed by atoms with Crippen LogP contribution in [-0.4, -0.2) is 65.4 Å². The molecule has 4 rings (SSSR count). The van der Waals surface area contributed by atoms with E-state index >= 15 is 0 Å². The van der Waals surface area contributed by atoms with Crippen LogP contribution in [0.1, 0.15) is 28.9 Å². The number of carbonyl (C=O) groups excluding carboxylic acids is 2. The minimum atomic E-state index is 0. The molecule has 28 heavy (non-hydrogen) atoms. The molecule has 2 aliphatic heterocycles. The Morgan fingerprint density at radius 3 is 2.79 bits per heavy atom. The predicted molar refractivity (Wildman–Crippen MR) is 114 cm³/mol. The lowest BCUT2D eigenvalue weighted by Crippen LogP contribution is -2.57. The molecule has 0 saturated carbocycles. The summed E-state index contributed by atoms with van der Waals surface area (Å²) in [6, 6.07) is 9.84. The van der Waals surface area contributed by atoms with Crippen molar-refractivity contribution in [1.29, 1.82) is 0 Å². The van der Waals surface area contributed by atoms with Crippen LogP contribution in [0.25, 0.3) is 10.9 Å². The molecule has 0 aliphatic carbocycles. The van der Waals surface area contributed by atoms with Crippen molar-refractivity contribution >= 4 is 47.5 Å². The molecule has 2 saturated heterocycles. The summed E-state index contributed by atoms with van der Waals surface area (Å²) in [5.41, 5.74) is 2.32. The number of pyridine rings is 1. The molecule has 0 bridgehead atoms. The van der Waals surface area contributed by atoms with Crippen molar-refractivity contribution in [2.75, 3.05) is 32.7 Å². The van der Waals surface area contributed by atoms with Gasteiger partial charge in [-0.1, -0.05) is 18.2 Å². The highest BCUT2D eigenvalue weighted by Gasteiger charge is 2.32. The van der Waals surface area contributed by atoms with Gasteiger partial charge in [0.05, 0.1) is 17.6 Å². The lowest BCUT2D eigenvalue weighted by molar-refractivity contribution is -0.135. The lowest BCUT2D eigenvalue weighted by Gasteiger charge is -2.41. The largest absolute Gasteiger partial charge is 0.337 e. The van der Waals surface area contributed by atoms with Crippen LogP contribution in [0.3, 0.4) is 0 Å². The number of halogens is 2. The summed E-state index contributed by atoms with van der Waals surface area (Å²) in [7, 11) is 0. The van der Waals surface area contributed by atoms with E-state index in [4.69, 9.17) is 0 Å². The van der Waals surface area contributed by atoms with Crippen LogP contribution in [0.2, 0.25) is 0 Å². The first-order valence-electron chi connectivity index (χ1n) is 9.29. The van der Waals surface area contributed by atoms with Crippen molar-refractivity contribution in [3.8, 4) is 0 Å². The number of carbonyl (C=O) groups is 2. The number of fused-ring (bicyclic) bond motifs is 1. The summed E-state index contributed by atoms with van der Waals surface area (Å²) in [4.78, 5) is 33.8. The van der Waals surface area contributed by atoms with Gasteiger partial charge in [0.25, 0.3) is 5.91 Å². The zero-order valence-electron chi connectivity index (χ0n) is 15.9. The van der Waals surface area contributed by atoms with Gasteiger partial charge in [0, 0.05) is 43.3 Å². The number of nitrogens with one attached hydrogen (secondary N) is 1. The number of piperazine rings is 1. The van der Waals surface area contributed by atoms with E-state index in [0.29, 0.717) is 18.7 Å². The van der Waals surface area contributed by atoms with E-state index < -0.39 is 0 Å². The zero-order chi connectivity index (χ0) is 18.1. The molecule has 8 heteroatoms. The van der Waals surface area contributed by atoms with Crippen molar-refractivity contribution < 1.29 is 9.59 Å². The maximum absolute atomic E-state index is 13.2. The average Bonchev–Trinajstić information content (AvgIpc) is 2.67. The third-order valence-electron chi connectivity index (χ3n) is 5.34. The number of likely N-dealkylation sites (tertiary alicyclic amines) is 1. The molecule has 0 radical (unpaired) electrons. The van der Waals surface area contributed by atoms with Crippen LogP contribution in [0.5, 0.6) is 0 Å². The van der Waals surface area contributed by atoms with E-state index in [1.54, 1.807) is 0 Å². The van der Waals surface area contributed by atoms with Gasteiger partial charge in [-0.05, 0) is 31.9 Å². The quantitative estimate of drug-likeness (QED) is 0.803. The number of para-hydroxylation sites is 1. The summed E-state index contributed by atoms with van der Waals surface area (Å²) in [5.74, 6) is 0.152. The number of nitrogens with zero attached hydrogens (tertiary/aromatic N) is 3. The van der Waals surface area contributed by atoms with Gasteiger partial charge in [0.1, 0.15) is 0 Å². The molecule has 0 spiro atoms. The number of aryl methyl sites for hydroxylation is 1. The average molecular weight is 425 g/mol. The molecular formula is C20H26Cl2N4O2. The standard InChI is InChI=1S/C20H24N4O2.2ClH/c1-14-7-8-15-4-2-6-17(19(15)22-14)20(26)23-10-3-5-16(13-23)24-11-9-21-12-18(24)25;;/h2,4,6-8,16,21H,3,5,9-13H2,1H3;2*1H. The summed E-state index contributed by atoms with van der Waals surface area (Å²) in [5, 5.41) is 4.09. The van der Waals surface area contributed by atoms with Crippen molar-refractivity contribution in [3.63, 3.8) is 0 Å². The normalized spacial score (nSPS) is 19.8. The smallest absolute Gasteiger partial charge is 0.256 e. The number of hydrogen-bond acceptors (Lipinski definition) is 4. The number of piperidine rings is 1. The van der Waals surface area contributed by atoms with E-state index in [-0.39, 0.29) is 42.7 Å². The summed E-state index contributed by atoms with van der Waals surface area (Å²) < 4.78 is 0. The first kappa shape index (κ1) is 22.4. The van der Waals surface area contributed by atoms with Gasteiger partial charge in [-0.3, -0.25) is 14.6 Å². The van der Waals surface area contributed by atoms with E-state index in [1.165, 1.54) is 0 Å². The third kappa shape index (κ3) is 4.40. The molecule has 2 amide bonds. The van der Waals surface area contributed by atoms with Gasteiger partial charge in [0.2, 0.25) is 5.91 Å². The number of rotatable bonds is 2. The first-order valence-corrected chi connectivity index (χ1v) is 9.29. The maximum Gasteiger partial charge on any atom is 0.256 e. The summed E-state index contributed by atoms with van der Waals surface area (Å²) in [6.45, 7) is 5.22. The van der Waals surface area contributed by atoms with Crippen LogP contribution in [0, 0.1) is 6.92 Å². The van der Waals surface area contributed by atoms with Crippen molar-refractivity contribution in [2.45, 2.75) is 25.8 Å². The second-order valence-corrected chi connectivity index (χ2v) is 7.14. The molecule has 6 nitrogen and oxygen atoms in total. The SMILES string of the molecule is Cc1ccc2cccc(C(=O)N3CCCC(N4CCNCC4=O)C3)c2n1.Cl.Cl. The fraction of sp³-hybridized carbons (Fsp3) is 0.450. The second-order valence-electron chi connectivity index (χ2n) is 7.14. The lowest BCUT2D eigenvalue weighted by atomic mass is 10.0. The molecule has 3 heterocycles. The highest BCUT2D eigenvalue weighted by molar-refractivity contribution is 6.05. The van der Waals surface area contributed by atoms with Gasteiger partial charge in [0.15, 0.2) is 0 Å². The van der Waals surface area contributed by atoms with Crippen LogP contribution in [-0.2, 0) is 4.79 Å². The molecular weight excluding hydrogens is 399 g/mol. The summed E-state index contributed by atoms with van der Waals surface area (Å²) in [6.07, 6.45) is 1.88. The minimum Gasteiger partial charge on any atom is -0.337 e. The van der Waals surface area contributed by atoms with E-state index in [0.717, 1.165) is 49.1 Å². The number of amides is 2. The Morgan fingerprint density at radius 2 is 2.00 bits per heavy atom. The molecule has 1 unspecified atom stereocenters. The minimum absolute atomic E-state index is 0. The molecule has 152 valence electrons. The molecule has 1 atom stereocenters. The van der Waals surface area contributed by atoms with Crippen molar-refractivity contribution in [1.82, 2.24) is 20.1 Å². The van der Waals surface area contributed by atoms with Crippen LogP contribution >= 0.6 is 24.8 Å². The van der Waals surface area contributed by atoms with Crippen molar-refractivity contribution in [2.24, 2.45) is 0 Å². The van der Waals surface area contributed by atoms with E-state index in [1.807, 2.05) is 47.1 Å². The second kappa shape index (κ2) is 9.54. The fourth-order valence-corrected chi connectivity index (χ4v) is 3.99. The molecule has 2 aliphatic rings. The van der Waals surface area contributed by atoms with Gasteiger partial charge >= 0.3 is 0 Å². The third-order valence-corrected chi connectivity index (χ3v) is 5.34. The fourth-order valence-electron chi connectivity index (χ4n) is 3.99. The van der Waals surface area contributed by atoms with Crippen molar-refractivity contribution in [3.05, 3.63) is 41.6 Å². The molecule has 2 aromatic rings. The molecule has 1 N–H and O–H groups in total. The Kier molecular flexibility index (Phi) is 7.63. The number of benzene rings is 1. The summed E-state index contributed by atoms with van der Waals surface area (Å²) >= 11 is 0. The van der Waals surface area contributed by atoms with E-state index in [2.05, 4.69) is 10.3 Å². The first-order chi connectivity index (χ1) is 12.6. The van der Waals surface area contributed by atoms with Gasteiger partial charge in [-0.2, -0.15) is 0 Å². The van der Waals surface area contributed by atoms with Gasteiger partial charge in [-0.15, -0.1) is 24.8 Å². The van der Waals surface area contributed by atoms with Gasteiger partial charge < -0.3 is 15.1 Å². The Balaban J connectivity index is 0.00000140. The van der Waals surface area contributed by atoms with Crippen LogP contribution in [0.4, 0.5) is 0 Å². The van der Waals surface area contributed by atoms with Crippen LogP contribution in [0.15, 0.2) is 30.3 Å². The number of aromatic nitrogens is 1. The number of hydrogen-bond donors (Lipinski definition) is 1. The molecule has 1 aromatic carbocycles. The van der Waals surface area contributed by atoms with E-state index in [9.17, 15) is 9.59 Å².